The maximum absolute atomic E-state index is 10.8. The molecular weight excluding hydrogens is 242 g/mol. The van der Waals surface area contributed by atoms with Crippen molar-refractivity contribution in [3.63, 3.8) is 0 Å². The van der Waals surface area contributed by atoms with Crippen LogP contribution >= 0.6 is 0 Å². The summed E-state index contributed by atoms with van der Waals surface area (Å²) in [4.78, 5) is 14.4. The Balaban J connectivity index is 2.21. The van der Waals surface area contributed by atoms with Gasteiger partial charge in [0.25, 0.3) is 0 Å². The monoisotopic (exact) mass is 265 g/mol. The molecule has 5 nitrogen and oxygen atoms in total. The Kier molecular flexibility index (Phi) is 6.85. The van der Waals surface area contributed by atoms with E-state index >= 15 is 0 Å². The Bertz CT molecular complexity index is 394. The van der Waals surface area contributed by atoms with Gasteiger partial charge in [0.1, 0.15) is 0 Å². The van der Waals surface area contributed by atoms with Gasteiger partial charge in [-0.1, -0.05) is 39.5 Å². The lowest BCUT2D eigenvalue weighted by molar-refractivity contribution is -0.384. The molecule has 0 radical (unpaired) electrons. The predicted octanol–water partition coefficient (Wildman–Crippen LogP) is 4.01. The molecule has 1 aromatic rings. The van der Waals surface area contributed by atoms with Gasteiger partial charge < -0.3 is 5.32 Å². The van der Waals surface area contributed by atoms with Crippen LogP contribution in [0.4, 0.5) is 11.5 Å². The van der Waals surface area contributed by atoms with Crippen molar-refractivity contribution in [1.29, 1.82) is 0 Å². The first-order chi connectivity index (χ1) is 9.11. The predicted molar refractivity (Wildman–Crippen MR) is 77.3 cm³/mol. The second-order valence-corrected chi connectivity index (χ2v) is 5.15. The molecule has 0 aromatic carbocycles. The lowest BCUT2D eigenvalue weighted by Crippen LogP contribution is -2.06. The summed E-state index contributed by atoms with van der Waals surface area (Å²) in [6.45, 7) is 5.21. The smallest absolute Gasteiger partial charge is 0.311 e. The van der Waals surface area contributed by atoms with E-state index in [-0.39, 0.29) is 5.69 Å². The number of anilines is 1. The van der Waals surface area contributed by atoms with Crippen molar-refractivity contribution in [3.05, 3.63) is 28.4 Å². The van der Waals surface area contributed by atoms with Crippen LogP contribution < -0.4 is 5.32 Å². The van der Waals surface area contributed by atoms with Gasteiger partial charge >= 0.3 is 5.69 Å². The van der Waals surface area contributed by atoms with E-state index in [1.54, 1.807) is 12.3 Å². The van der Waals surface area contributed by atoms with Crippen molar-refractivity contribution >= 4 is 11.5 Å². The second kappa shape index (κ2) is 8.45. The van der Waals surface area contributed by atoms with Crippen LogP contribution in [0, 0.1) is 16.0 Å². The molecular formula is C14H23N3O2. The maximum atomic E-state index is 10.8. The van der Waals surface area contributed by atoms with E-state index in [0.717, 1.165) is 25.3 Å². The van der Waals surface area contributed by atoms with E-state index in [9.17, 15) is 10.1 Å². The lowest BCUT2D eigenvalue weighted by atomic mass is 10.0. The van der Waals surface area contributed by atoms with Gasteiger partial charge in [-0.15, -0.1) is 0 Å². The quantitative estimate of drug-likeness (QED) is 0.416. The Morgan fingerprint density at radius 3 is 2.74 bits per heavy atom. The lowest BCUT2D eigenvalue weighted by Gasteiger charge is -2.06. The van der Waals surface area contributed by atoms with Gasteiger partial charge in [0.15, 0.2) is 0 Å². The second-order valence-electron chi connectivity index (χ2n) is 5.15. The summed E-state index contributed by atoms with van der Waals surface area (Å²) in [5, 5.41) is 13.8. The highest BCUT2D eigenvalue weighted by molar-refractivity contribution is 5.54. The number of rotatable bonds is 9. The van der Waals surface area contributed by atoms with E-state index in [2.05, 4.69) is 24.1 Å². The molecule has 0 amide bonds. The summed E-state index contributed by atoms with van der Waals surface area (Å²) in [6, 6.07) is 3.05. The first-order valence-corrected chi connectivity index (χ1v) is 6.94. The SMILES string of the molecule is CC(C)CCCCCCNc1ncccc1[N+](=O)[O-]. The zero-order chi connectivity index (χ0) is 14.1. The fraction of sp³-hybridized carbons (Fsp3) is 0.643. The highest BCUT2D eigenvalue weighted by atomic mass is 16.6. The third kappa shape index (κ3) is 6.18. The van der Waals surface area contributed by atoms with E-state index in [1.165, 1.54) is 25.3 Å². The van der Waals surface area contributed by atoms with Crippen molar-refractivity contribution in [2.75, 3.05) is 11.9 Å². The van der Waals surface area contributed by atoms with E-state index < -0.39 is 4.92 Å². The number of hydrogen-bond acceptors (Lipinski definition) is 4. The van der Waals surface area contributed by atoms with Gasteiger partial charge in [-0.05, 0) is 18.4 Å². The van der Waals surface area contributed by atoms with E-state index in [0.29, 0.717) is 5.82 Å². The summed E-state index contributed by atoms with van der Waals surface area (Å²) in [5.74, 6) is 1.14. The molecule has 1 heterocycles. The molecule has 0 fully saturated rings. The molecule has 0 atom stereocenters. The number of nitrogens with zero attached hydrogens (tertiary/aromatic N) is 2. The fourth-order valence-corrected chi connectivity index (χ4v) is 1.92. The summed E-state index contributed by atoms with van der Waals surface area (Å²) in [6.07, 6.45) is 7.51. The summed E-state index contributed by atoms with van der Waals surface area (Å²) in [5.41, 5.74) is 0.0438. The summed E-state index contributed by atoms with van der Waals surface area (Å²) < 4.78 is 0. The molecule has 0 spiro atoms. The topological polar surface area (TPSA) is 68.1 Å². The highest BCUT2D eigenvalue weighted by Crippen LogP contribution is 2.20. The number of pyridine rings is 1. The van der Waals surface area contributed by atoms with Gasteiger partial charge in [0.05, 0.1) is 4.92 Å². The van der Waals surface area contributed by atoms with Gasteiger partial charge in [0.2, 0.25) is 5.82 Å². The maximum Gasteiger partial charge on any atom is 0.311 e. The highest BCUT2D eigenvalue weighted by Gasteiger charge is 2.12. The number of nitro groups is 1. The Morgan fingerprint density at radius 1 is 1.32 bits per heavy atom. The Hall–Kier alpha value is -1.65. The van der Waals surface area contributed by atoms with Crippen molar-refractivity contribution in [1.82, 2.24) is 4.98 Å². The van der Waals surface area contributed by atoms with Crippen molar-refractivity contribution in [2.45, 2.75) is 46.0 Å². The molecule has 0 bridgehead atoms. The van der Waals surface area contributed by atoms with Crippen molar-refractivity contribution in [2.24, 2.45) is 5.92 Å². The molecule has 1 aromatic heterocycles. The zero-order valence-electron chi connectivity index (χ0n) is 11.8. The third-order valence-corrected chi connectivity index (χ3v) is 2.98. The van der Waals surface area contributed by atoms with Crippen molar-refractivity contribution in [3.8, 4) is 0 Å². The molecule has 1 N–H and O–H groups in total. The van der Waals surface area contributed by atoms with Gasteiger partial charge in [0, 0.05) is 18.8 Å². The minimum absolute atomic E-state index is 0.0438. The molecule has 0 aliphatic carbocycles. The van der Waals surface area contributed by atoms with E-state index in [4.69, 9.17) is 0 Å². The van der Waals surface area contributed by atoms with Gasteiger partial charge in [-0.3, -0.25) is 10.1 Å². The van der Waals surface area contributed by atoms with Crippen LogP contribution in [-0.4, -0.2) is 16.5 Å². The van der Waals surface area contributed by atoms with Crippen LogP contribution in [0.2, 0.25) is 0 Å². The molecule has 1 rings (SSSR count). The average molecular weight is 265 g/mol. The molecule has 0 aliphatic rings. The number of hydrogen-bond donors (Lipinski definition) is 1. The van der Waals surface area contributed by atoms with Crippen LogP contribution in [0.15, 0.2) is 18.3 Å². The minimum atomic E-state index is -0.405. The Morgan fingerprint density at radius 2 is 2.05 bits per heavy atom. The number of unbranched alkanes of at least 4 members (excludes halogenated alkanes) is 3. The Labute approximate surface area is 114 Å². The molecule has 0 unspecified atom stereocenters. The van der Waals surface area contributed by atoms with Crippen LogP contribution in [0.3, 0.4) is 0 Å². The van der Waals surface area contributed by atoms with Crippen molar-refractivity contribution < 1.29 is 4.92 Å². The standard InChI is InChI=1S/C14H23N3O2/c1-12(2)8-5-3-4-6-10-15-14-13(17(18)19)9-7-11-16-14/h7,9,11-12H,3-6,8,10H2,1-2H3,(H,15,16). The third-order valence-electron chi connectivity index (χ3n) is 2.98. The van der Waals surface area contributed by atoms with Gasteiger partial charge in [-0.25, -0.2) is 4.98 Å². The first-order valence-electron chi connectivity index (χ1n) is 6.94. The molecule has 0 aliphatic heterocycles. The summed E-state index contributed by atoms with van der Waals surface area (Å²) >= 11 is 0. The average Bonchev–Trinajstić information content (AvgIpc) is 2.37. The van der Waals surface area contributed by atoms with Crippen LogP contribution in [0.5, 0.6) is 0 Å². The molecule has 0 saturated carbocycles. The molecule has 0 saturated heterocycles. The van der Waals surface area contributed by atoms with Crippen LogP contribution in [0.1, 0.15) is 46.0 Å². The molecule has 106 valence electrons. The normalized spacial score (nSPS) is 10.7. The van der Waals surface area contributed by atoms with Gasteiger partial charge in [-0.2, -0.15) is 0 Å². The van der Waals surface area contributed by atoms with E-state index in [1.807, 2.05) is 0 Å². The largest absolute Gasteiger partial charge is 0.364 e. The van der Waals surface area contributed by atoms with Crippen LogP contribution in [-0.2, 0) is 0 Å². The van der Waals surface area contributed by atoms with Crippen LogP contribution in [0.25, 0.3) is 0 Å². The molecule has 5 heteroatoms. The fourth-order valence-electron chi connectivity index (χ4n) is 1.92. The minimum Gasteiger partial charge on any atom is -0.364 e. The first kappa shape index (κ1) is 15.4. The molecule has 19 heavy (non-hydrogen) atoms. The number of aromatic nitrogens is 1. The zero-order valence-corrected chi connectivity index (χ0v) is 11.8. The summed E-state index contributed by atoms with van der Waals surface area (Å²) in [7, 11) is 0. The number of nitrogens with one attached hydrogen (secondary N) is 1.